The van der Waals surface area contributed by atoms with Crippen molar-refractivity contribution in [2.24, 2.45) is 0 Å². The minimum atomic E-state index is 1.23. The Morgan fingerprint density at radius 1 is 0.342 bits per heavy atom. The van der Waals surface area contributed by atoms with Crippen molar-refractivity contribution in [3.8, 4) is 0 Å². The first kappa shape index (κ1) is 21.3. The molecule has 8 rings (SSSR count). The number of rotatable bonds is 0. The number of fused-ring (bicyclic) bond motifs is 6. The number of nitrogens with zero attached hydrogens (tertiary/aromatic N) is 2. The quantitative estimate of drug-likeness (QED) is 0.211. The van der Waals surface area contributed by atoms with Crippen molar-refractivity contribution >= 4 is 55.4 Å². The molecule has 0 bridgehead atoms. The molecule has 0 saturated heterocycles. The number of hydrogen-bond donors (Lipinski definition) is 0. The molecule has 0 saturated carbocycles. The van der Waals surface area contributed by atoms with E-state index in [1.165, 1.54) is 77.7 Å². The van der Waals surface area contributed by atoms with Crippen molar-refractivity contribution in [3.63, 3.8) is 0 Å². The summed E-state index contributed by atoms with van der Waals surface area (Å²) in [5.74, 6) is 0. The summed E-state index contributed by atoms with van der Waals surface area (Å²) in [4.78, 5) is 4.70. The molecular formula is C36H26N2. The summed E-state index contributed by atoms with van der Waals surface area (Å²) in [5.41, 5.74) is 12.6. The van der Waals surface area contributed by atoms with Crippen molar-refractivity contribution in [2.75, 3.05) is 23.9 Å². The van der Waals surface area contributed by atoms with E-state index in [2.05, 4.69) is 145 Å². The second-order valence-electron chi connectivity index (χ2n) is 10.3. The molecule has 0 radical (unpaired) electrons. The lowest BCUT2D eigenvalue weighted by atomic mass is 9.79. The molecular weight excluding hydrogens is 460 g/mol. The van der Waals surface area contributed by atoms with Crippen LogP contribution in [0, 0.1) is 0 Å². The van der Waals surface area contributed by atoms with E-state index < -0.39 is 0 Å². The van der Waals surface area contributed by atoms with Gasteiger partial charge in [-0.2, -0.15) is 0 Å². The Bertz CT molecular complexity index is 1820. The average molecular weight is 487 g/mol. The highest BCUT2D eigenvalue weighted by Crippen LogP contribution is 2.54. The second kappa shape index (κ2) is 7.84. The van der Waals surface area contributed by atoms with Crippen LogP contribution in [0.4, 0.5) is 22.7 Å². The van der Waals surface area contributed by atoms with Crippen LogP contribution in [0.3, 0.4) is 0 Å². The molecule has 0 amide bonds. The highest BCUT2D eigenvalue weighted by Gasteiger charge is 2.32. The first-order valence-electron chi connectivity index (χ1n) is 13.2. The molecule has 6 aromatic rings. The fourth-order valence-electron chi connectivity index (χ4n) is 6.46. The zero-order valence-corrected chi connectivity index (χ0v) is 21.4. The van der Waals surface area contributed by atoms with Crippen LogP contribution in [-0.4, -0.2) is 14.1 Å². The molecule has 0 aliphatic carbocycles. The van der Waals surface area contributed by atoms with Gasteiger partial charge in [0.2, 0.25) is 0 Å². The molecule has 180 valence electrons. The van der Waals surface area contributed by atoms with Crippen LogP contribution in [0.1, 0.15) is 22.3 Å². The lowest BCUT2D eigenvalue weighted by Gasteiger charge is -2.37. The molecule has 2 heterocycles. The van der Waals surface area contributed by atoms with E-state index in [1.54, 1.807) is 0 Å². The van der Waals surface area contributed by atoms with Crippen LogP contribution < -0.4 is 9.80 Å². The van der Waals surface area contributed by atoms with E-state index in [0.717, 1.165) is 0 Å². The molecule has 2 heteroatoms. The Morgan fingerprint density at radius 2 is 0.684 bits per heavy atom. The third kappa shape index (κ3) is 2.89. The molecule has 0 unspecified atom stereocenters. The zero-order valence-electron chi connectivity index (χ0n) is 21.4. The smallest absolute Gasteiger partial charge is 0.0494 e. The highest BCUT2D eigenvalue weighted by molar-refractivity contribution is 6.18. The topological polar surface area (TPSA) is 6.48 Å². The zero-order chi connectivity index (χ0) is 25.4. The van der Waals surface area contributed by atoms with Crippen LogP contribution >= 0.6 is 0 Å². The molecule has 0 spiro atoms. The second-order valence-corrected chi connectivity index (χ2v) is 10.3. The van der Waals surface area contributed by atoms with E-state index in [4.69, 9.17) is 0 Å². The summed E-state index contributed by atoms with van der Waals surface area (Å²) in [7, 11) is 4.38. The maximum atomic E-state index is 2.39. The summed E-state index contributed by atoms with van der Waals surface area (Å²) in [6.45, 7) is 0. The van der Waals surface area contributed by atoms with Crippen molar-refractivity contribution < 1.29 is 0 Å². The maximum Gasteiger partial charge on any atom is 0.0494 e. The molecule has 2 aliphatic heterocycles. The molecule has 0 N–H and O–H groups in total. The Labute approximate surface area is 222 Å². The Kier molecular flexibility index (Phi) is 4.39. The van der Waals surface area contributed by atoms with E-state index in [1.807, 2.05) is 0 Å². The van der Waals surface area contributed by atoms with Gasteiger partial charge in [-0.25, -0.2) is 0 Å². The van der Waals surface area contributed by atoms with Gasteiger partial charge < -0.3 is 9.80 Å². The van der Waals surface area contributed by atoms with Gasteiger partial charge in [0.05, 0.1) is 0 Å². The predicted octanol–water partition coefficient (Wildman–Crippen LogP) is 9.16. The monoisotopic (exact) mass is 486 g/mol. The fraction of sp³-hybridized carbons (Fsp3) is 0.0556. The molecule has 0 atom stereocenters. The minimum Gasteiger partial charge on any atom is -0.344 e. The summed E-state index contributed by atoms with van der Waals surface area (Å²) in [6.07, 6.45) is 0. The van der Waals surface area contributed by atoms with Crippen LogP contribution in [0.2, 0.25) is 0 Å². The van der Waals surface area contributed by atoms with Crippen LogP contribution in [-0.2, 0) is 0 Å². The number of hydrogen-bond acceptors (Lipinski definition) is 2. The van der Waals surface area contributed by atoms with Gasteiger partial charge in [0, 0.05) is 70.2 Å². The first-order chi connectivity index (χ1) is 18.7. The minimum absolute atomic E-state index is 1.23. The number of anilines is 4. The molecule has 0 aromatic heterocycles. The van der Waals surface area contributed by atoms with Gasteiger partial charge in [0.15, 0.2) is 0 Å². The fourth-order valence-corrected chi connectivity index (χ4v) is 6.46. The summed E-state index contributed by atoms with van der Waals surface area (Å²) in [6, 6.07) is 44.6. The molecule has 6 aromatic carbocycles. The van der Waals surface area contributed by atoms with Crippen LogP contribution in [0.15, 0.2) is 121 Å². The van der Waals surface area contributed by atoms with Crippen molar-refractivity contribution in [1.29, 1.82) is 0 Å². The van der Waals surface area contributed by atoms with Gasteiger partial charge in [0.1, 0.15) is 0 Å². The number of para-hydroxylation sites is 2. The first-order valence-corrected chi connectivity index (χ1v) is 13.2. The van der Waals surface area contributed by atoms with Crippen LogP contribution in [0.5, 0.6) is 0 Å². The maximum absolute atomic E-state index is 2.39. The van der Waals surface area contributed by atoms with Gasteiger partial charge in [-0.15, -0.1) is 0 Å². The normalized spacial score (nSPS) is 15.7. The van der Waals surface area contributed by atoms with Gasteiger partial charge in [0.25, 0.3) is 0 Å². The molecule has 2 aliphatic rings. The largest absolute Gasteiger partial charge is 0.344 e. The number of benzene rings is 6. The van der Waals surface area contributed by atoms with E-state index in [9.17, 15) is 0 Å². The van der Waals surface area contributed by atoms with Crippen molar-refractivity contribution in [3.05, 3.63) is 144 Å². The SMILES string of the molecule is CN1c2ccccc2/C(=C2/c3ccccc3N(C)c3cc4ccccc4cc32)c2cc3ccccc3cc21. The summed E-state index contributed by atoms with van der Waals surface area (Å²) < 4.78 is 0. The van der Waals surface area contributed by atoms with Gasteiger partial charge in [-0.3, -0.25) is 0 Å². The van der Waals surface area contributed by atoms with E-state index in [-0.39, 0.29) is 0 Å². The molecule has 38 heavy (non-hydrogen) atoms. The third-order valence-electron chi connectivity index (χ3n) is 8.31. The van der Waals surface area contributed by atoms with E-state index in [0.29, 0.717) is 0 Å². The Hall–Kier alpha value is -4.82. The van der Waals surface area contributed by atoms with Crippen molar-refractivity contribution in [2.45, 2.75) is 0 Å². The molecule has 0 fully saturated rings. The lowest BCUT2D eigenvalue weighted by Crippen LogP contribution is -2.22. The van der Waals surface area contributed by atoms with Gasteiger partial charge >= 0.3 is 0 Å². The van der Waals surface area contributed by atoms with Crippen molar-refractivity contribution in [1.82, 2.24) is 0 Å². The standard InChI is InChI=1S/C36H26N2/c1-37-31-17-9-7-15-27(31)35(29-19-23-11-3-5-13-25(23)21-33(29)37)36-28-16-8-10-18-32(28)38(2)34-22-26-14-6-4-12-24(26)20-30(34)36/h3-22H,1-2H3/b36-35+. The third-order valence-corrected chi connectivity index (χ3v) is 8.31. The summed E-state index contributed by atoms with van der Waals surface area (Å²) in [5, 5.41) is 5.04. The Morgan fingerprint density at radius 3 is 1.11 bits per heavy atom. The Balaban J connectivity index is 1.58. The predicted molar refractivity (Wildman–Crippen MR) is 162 cm³/mol. The lowest BCUT2D eigenvalue weighted by molar-refractivity contribution is 1.16. The van der Waals surface area contributed by atoms with E-state index >= 15 is 0 Å². The van der Waals surface area contributed by atoms with Gasteiger partial charge in [-0.05, 0) is 57.9 Å². The average Bonchev–Trinajstić information content (AvgIpc) is 2.97. The van der Waals surface area contributed by atoms with Gasteiger partial charge in [-0.1, -0.05) is 84.9 Å². The highest BCUT2D eigenvalue weighted by atomic mass is 15.1. The molecule has 2 nitrogen and oxygen atoms in total. The summed E-state index contributed by atoms with van der Waals surface area (Å²) >= 11 is 0. The van der Waals surface area contributed by atoms with Crippen LogP contribution in [0.25, 0.3) is 32.7 Å².